The molecule has 0 aromatic heterocycles. The van der Waals surface area contributed by atoms with Crippen LogP contribution >= 0.6 is 34.8 Å². The molecule has 0 saturated carbocycles. The van der Waals surface area contributed by atoms with Crippen LogP contribution < -0.4 is 0 Å². The summed E-state index contributed by atoms with van der Waals surface area (Å²) in [6.07, 6.45) is -1.04. The van der Waals surface area contributed by atoms with Crippen molar-refractivity contribution in [2.75, 3.05) is 0 Å². The molecule has 0 aliphatic carbocycles. The van der Waals surface area contributed by atoms with E-state index < -0.39 is 21.9 Å². The van der Waals surface area contributed by atoms with Gasteiger partial charge in [-0.05, 0) is 5.56 Å². The van der Waals surface area contributed by atoms with Gasteiger partial charge in [-0.2, -0.15) is 0 Å². The second-order valence-corrected chi connectivity index (χ2v) is 6.84. The number of hydrogen-bond acceptors (Lipinski definition) is 3. The van der Waals surface area contributed by atoms with Crippen LogP contribution in [0.1, 0.15) is 12.5 Å². The predicted molar refractivity (Wildman–Crippen MR) is 76.6 cm³/mol. The molecule has 0 unspecified atom stereocenters. The van der Waals surface area contributed by atoms with E-state index in [0.717, 1.165) is 5.56 Å². The molecule has 1 aromatic rings. The molecule has 108 valence electrons. The Morgan fingerprint density at radius 1 is 1.30 bits per heavy atom. The van der Waals surface area contributed by atoms with Crippen molar-refractivity contribution in [3.63, 3.8) is 0 Å². The Kier molecular flexibility index (Phi) is 4.47. The first-order valence-electron chi connectivity index (χ1n) is 5.89. The largest absolute Gasteiger partial charge is 0.450 e. The van der Waals surface area contributed by atoms with Crippen molar-refractivity contribution in [3.8, 4) is 0 Å². The summed E-state index contributed by atoms with van der Waals surface area (Å²) in [7, 11) is 0. The molecular formula is C13H12Cl3NO3. The van der Waals surface area contributed by atoms with E-state index in [2.05, 4.69) is 0 Å². The number of carbonyl (C=O) groups excluding carboxylic acids is 2. The summed E-state index contributed by atoms with van der Waals surface area (Å²) in [5.74, 6) is -0.942. The standard InChI is InChI=1S/C13H12Cl3NO3/c1-8(18)20-10-11(13(14,15)16)17(12(10)19)7-9-5-3-2-4-6-9/h2-6,10-11H,7H2,1H3/t10-,11-/m0/s1. The van der Waals surface area contributed by atoms with Crippen LogP contribution in [-0.2, 0) is 20.9 Å². The topological polar surface area (TPSA) is 46.6 Å². The summed E-state index contributed by atoms with van der Waals surface area (Å²) in [5, 5.41) is 0. The Labute approximate surface area is 131 Å². The molecule has 1 aromatic carbocycles. The maximum Gasteiger partial charge on any atom is 0.303 e. The lowest BCUT2D eigenvalue weighted by Crippen LogP contribution is -2.70. The van der Waals surface area contributed by atoms with Gasteiger partial charge in [0, 0.05) is 13.5 Å². The lowest BCUT2D eigenvalue weighted by molar-refractivity contribution is -0.182. The Balaban J connectivity index is 2.16. The fourth-order valence-corrected chi connectivity index (χ4v) is 2.81. The highest BCUT2D eigenvalue weighted by molar-refractivity contribution is 6.68. The first-order chi connectivity index (χ1) is 9.30. The van der Waals surface area contributed by atoms with Gasteiger partial charge in [-0.25, -0.2) is 0 Å². The minimum Gasteiger partial charge on any atom is -0.450 e. The van der Waals surface area contributed by atoms with Crippen LogP contribution in [0.15, 0.2) is 30.3 Å². The van der Waals surface area contributed by atoms with Crippen LogP contribution in [0, 0.1) is 0 Å². The summed E-state index contributed by atoms with van der Waals surface area (Å²) < 4.78 is 3.20. The second-order valence-electron chi connectivity index (χ2n) is 4.47. The van der Waals surface area contributed by atoms with Gasteiger partial charge in [0.05, 0.1) is 0 Å². The number of β-lactam (4-membered cyclic amide) rings is 1. The molecule has 1 fully saturated rings. The smallest absolute Gasteiger partial charge is 0.303 e. The summed E-state index contributed by atoms with van der Waals surface area (Å²) in [6, 6.07) is 8.52. The number of esters is 1. The first-order valence-corrected chi connectivity index (χ1v) is 7.02. The zero-order valence-corrected chi connectivity index (χ0v) is 12.8. The van der Waals surface area contributed by atoms with Crippen molar-refractivity contribution in [3.05, 3.63) is 35.9 Å². The van der Waals surface area contributed by atoms with Gasteiger partial charge in [-0.1, -0.05) is 65.1 Å². The molecule has 2 rings (SSSR count). The Morgan fingerprint density at radius 3 is 2.40 bits per heavy atom. The first kappa shape index (κ1) is 15.4. The number of hydrogen-bond donors (Lipinski definition) is 0. The number of alkyl halides is 3. The molecule has 4 nitrogen and oxygen atoms in total. The third kappa shape index (κ3) is 3.19. The highest BCUT2D eigenvalue weighted by Crippen LogP contribution is 2.42. The van der Waals surface area contributed by atoms with Crippen LogP contribution in [0.4, 0.5) is 0 Å². The molecule has 1 aliphatic heterocycles. The number of benzene rings is 1. The van der Waals surface area contributed by atoms with Crippen molar-refractivity contribution >= 4 is 46.7 Å². The summed E-state index contributed by atoms with van der Waals surface area (Å²) in [5.41, 5.74) is 0.904. The molecule has 2 atom stereocenters. The number of carbonyl (C=O) groups is 2. The van der Waals surface area contributed by atoms with E-state index in [-0.39, 0.29) is 5.91 Å². The highest BCUT2D eigenvalue weighted by Gasteiger charge is 2.58. The van der Waals surface area contributed by atoms with Gasteiger partial charge in [-0.3, -0.25) is 9.59 Å². The van der Waals surface area contributed by atoms with Crippen LogP contribution in [-0.4, -0.2) is 32.7 Å². The van der Waals surface area contributed by atoms with Crippen LogP contribution in [0.2, 0.25) is 0 Å². The Morgan fingerprint density at radius 2 is 1.90 bits per heavy atom. The molecule has 0 spiro atoms. The molecule has 0 radical (unpaired) electrons. The van der Waals surface area contributed by atoms with Crippen LogP contribution in [0.5, 0.6) is 0 Å². The number of nitrogens with zero attached hydrogens (tertiary/aromatic N) is 1. The molecule has 7 heteroatoms. The molecule has 1 aliphatic rings. The summed E-state index contributed by atoms with van der Waals surface area (Å²) in [6.45, 7) is 1.51. The predicted octanol–water partition coefficient (Wildman–Crippen LogP) is 2.70. The third-order valence-corrected chi connectivity index (χ3v) is 3.64. The zero-order valence-electron chi connectivity index (χ0n) is 10.6. The van der Waals surface area contributed by atoms with Crippen molar-refractivity contribution in [2.45, 2.75) is 29.4 Å². The average molecular weight is 337 g/mol. The lowest BCUT2D eigenvalue weighted by atomic mass is 9.98. The van der Waals surface area contributed by atoms with Gasteiger partial charge in [0.1, 0.15) is 6.04 Å². The lowest BCUT2D eigenvalue weighted by Gasteiger charge is -2.48. The molecule has 0 bridgehead atoms. The number of halogens is 3. The molecule has 0 N–H and O–H groups in total. The van der Waals surface area contributed by atoms with Crippen LogP contribution in [0.3, 0.4) is 0 Å². The maximum absolute atomic E-state index is 12.0. The number of amides is 1. The SMILES string of the molecule is CC(=O)O[C@@H]1C(=O)N(Cc2ccccc2)[C@@H]1C(Cl)(Cl)Cl. The van der Waals surface area contributed by atoms with E-state index in [1.54, 1.807) is 0 Å². The second kappa shape index (κ2) is 5.80. The molecular weight excluding hydrogens is 325 g/mol. The van der Waals surface area contributed by atoms with Crippen molar-refractivity contribution in [2.24, 2.45) is 0 Å². The molecule has 1 saturated heterocycles. The maximum atomic E-state index is 12.0. The molecule has 1 heterocycles. The van der Waals surface area contributed by atoms with Crippen LogP contribution in [0.25, 0.3) is 0 Å². The van der Waals surface area contributed by atoms with E-state index in [1.165, 1.54) is 11.8 Å². The molecule has 1 amide bonds. The van der Waals surface area contributed by atoms with E-state index in [4.69, 9.17) is 39.5 Å². The Hall–Kier alpha value is -0.970. The average Bonchev–Trinajstić information content (AvgIpc) is 2.36. The monoisotopic (exact) mass is 335 g/mol. The number of rotatable bonds is 3. The minimum absolute atomic E-state index is 0.302. The molecule has 20 heavy (non-hydrogen) atoms. The normalized spacial score (nSPS) is 22.4. The van der Waals surface area contributed by atoms with Gasteiger partial charge in [0.15, 0.2) is 0 Å². The van der Waals surface area contributed by atoms with Crippen molar-refractivity contribution in [1.82, 2.24) is 4.90 Å². The third-order valence-electron chi connectivity index (χ3n) is 2.97. The van der Waals surface area contributed by atoms with Gasteiger partial charge in [0.25, 0.3) is 5.91 Å². The van der Waals surface area contributed by atoms with Gasteiger partial charge in [0.2, 0.25) is 9.90 Å². The van der Waals surface area contributed by atoms with E-state index in [9.17, 15) is 9.59 Å². The number of ether oxygens (including phenoxy) is 1. The van der Waals surface area contributed by atoms with E-state index >= 15 is 0 Å². The Bertz CT molecular complexity index is 515. The number of likely N-dealkylation sites (tertiary alicyclic amines) is 1. The van der Waals surface area contributed by atoms with Crippen molar-refractivity contribution < 1.29 is 14.3 Å². The summed E-state index contributed by atoms with van der Waals surface area (Å²) in [4.78, 5) is 24.4. The fraction of sp³-hybridized carbons (Fsp3) is 0.385. The quantitative estimate of drug-likeness (QED) is 0.484. The highest BCUT2D eigenvalue weighted by atomic mass is 35.6. The fourth-order valence-electron chi connectivity index (χ4n) is 2.12. The summed E-state index contributed by atoms with van der Waals surface area (Å²) >= 11 is 17.7. The van der Waals surface area contributed by atoms with Gasteiger partial charge in [-0.15, -0.1) is 0 Å². The minimum atomic E-state index is -1.72. The van der Waals surface area contributed by atoms with Gasteiger partial charge >= 0.3 is 5.97 Å². The van der Waals surface area contributed by atoms with E-state index in [1.807, 2.05) is 30.3 Å². The van der Waals surface area contributed by atoms with Gasteiger partial charge < -0.3 is 9.64 Å². The van der Waals surface area contributed by atoms with E-state index in [0.29, 0.717) is 6.54 Å². The zero-order chi connectivity index (χ0) is 14.9. The van der Waals surface area contributed by atoms with Crippen molar-refractivity contribution in [1.29, 1.82) is 0 Å².